The van der Waals surface area contributed by atoms with Crippen molar-refractivity contribution in [3.05, 3.63) is 40.4 Å². The van der Waals surface area contributed by atoms with Gasteiger partial charge in [-0.05, 0) is 37.5 Å². The van der Waals surface area contributed by atoms with Gasteiger partial charge in [-0.3, -0.25) is 5.43 Å². The van der Waals surface area contributed by atoms with Gasteiger partial charge in [0, 0.05) is 4.88 Å². The number of aromatic nitrogens is 1. The highest BCUT2D eigenvalue weighted by molar-refractivity contribution is 7.15. The topological polar surface area (TPSA) is 46.5 Å². The van der Waals surface area contributed by atoms with E-state index >= 15 is 0 Å². The second-order valence-corrected chi connectivity index (χ2v) is 6.51. The number of nitrogens with one attached hydrogen (secondary N) is 1. The Bertz CT molecular complexity index is 600. The number of rotatable bonds is 6. The van der Waals surface area contributed by atoms with E-state index in [2.05, 4.69) is 36.3 Å². The summed E-state index contributed by atoms with van der Waals surface area (Å²) in [6.07, 6.45) is 1.77. The molecule has 0 bridgehead atoms. The SMILES string of the molecule is Cc1nc(N/N=C\c2cccc(OCC(C)C)c2)sc1C. The van der Waals surface area contributed by atoms with Crippen LogP contribution in [0.15, 0.2) is 29.4 Å². The zero-order chi connectivity index (χ0) is 15.2. The molecule has 0 aliphatic carbocycles. The summed E-state index contributed by atoms with van der Waals surface area (Å²) in [4.78, 5) is 5.58. The monoisotopic (exact) mass is 303 g/mol. The number of ether oxygens (including phenoxy) is 1. The highest BCUT2D eigenvalue weighted by Crippen LogP contribution is 2.21. The first-order valence-electron chi connectivity index (χ1n) is 7.00. The molecule has 0 amide bonds. The molecule has 0 fully saturated rings. The minimum atomic E-state index is 0.514. The Morgan fingerprint density at radius 3 is 2.86 bits per heavy atom. The minimum absolute atomic E-state index is 0.514. The van der Waals surface area contributed by atoms with Gasteiger partial charge < -0.3 is 4.74 Å². The van der Waals surface area contributed by atoms with E-state index in [0.717, 1.165) is 28.7 Å². The molecule has 0 saturated heterocycles. The van der Waals surface area contributed by atoms with Gasteiger partial charge in [-0.1, -0.05) is 26.0 Å². The van der Waals surface area contributed by atoms with Gasteiger partial charge >= 0.3 is 0 Å². The summed E-state index contributed by atoms with van der Waals surface area (Å²) in [5.74, 6) is 1.38. The van der Waals surface area contributed by atoms with Crippen LogP contribution in [0.2, 0.25) is 0 Å². The number of aryl methyl sites for hydroxylation is 2. The van der Waals surface area contributed by atoms with Crippen molar-refractivity contribution in [1.29, 1.82) is 0 Å². The fourth-order valence-corrected chi connectivity index (χ4v) is 2.39. The van der Waals surface area contributed by atoms with Crippen LogP contribution in [0.5, 0.6) is 5.75 Å². The van der Waals surface area contributed by atoms with Crippen LogP contribution in [0.4, 0.5) is 5.13 Å². The zero-order valence-corrected chi connectivity index (χ0v) is 13.7. The minimum Gasteiger partial charge on any atom is -0.493 e. The zero-order valence-electron chi connectivity index (χ0n) is 12.9. The van der Waals surface area contributed by atoms with Gasteiger partial charge in [0.05, 0.1) is 18.5 Å². The molecule has 4 nitrogen and oxygen atoms in total. The summed E-state index contributed by atoms with van der Waals surface area (Å²) in [6, 6.07) is 7.90. The number of benzene rings is 1. The molecule has 2 aromatic rings. The third-order valence-electron chi connectivity index (χ3n) is 2.84. The van der Waals surface area contributed by atoms with E-state index in [0.29, 0.717) is 5.92 Å². The lowest BCUT2D eigenvalue weighted by Gasteiger charge is -2.08. The largest absolute Gasteiger partial charge is 0.493 e. The van der Waals surface area contributed by atoms with E-state index in [1.54, 1.807) is 17.6 Å². The van der Waals surface area contributed by atoms with Crippen LogP contribution in [0.1, 0.15) is 30.0 Å². The Labute approximate surface area is 129 Å². The van der Waals surface area contributed by atoms with E-state index < -0.39 is 0 Å². The van der Waals surface area contributed by atoms with Crippen LogP contribution in [0.25, 0.3) is 0 Å². The number of thiazole rings is 1. The first kappa shape index (κ1) is 15.5. The number of hydrogen-bond donors (Lipinski definition) is 1. The van der Waals surface area contributed by atoms with Crippen LogP contribution in [0, 0.1) is 19.8 Å². The second kappa shape index (κ2) is 7.22. The molecule has 21 heavy (non-hydrogen) atoms. The fourth-order valence-electron chi connectivity index (χ4n) is 1.63. The maximum atomic E-state index is 5.70. The van der Waals surface area contributed by atoms with Gasteiger partial charge in [0.25, 0.3) is 0 Å². The molecular formula is C16H21N3OS. The first-order valence-corrected chi connectivity index (χ1v) is 7.82. The maximum Gasteiger partial charge on any atom is 0.203 e. The molecular weight excluding hydrogens is 282 g/mol. The molecule has 0 saturated carbocycles. The van der Waals surface area contributed by atoms with Gasteiger partial charge in [0.1, 0.15) is 5.75 Å². The van der Waals surface area contributed by atoms with Crippen molar-refractivity contribution in [1.82, 2.24) is 4.98 Å². The average molecular weight is 303 g/mol. The number of nitrogens with zero attached hydrogens (tertiary/aromatic N) is 2. The van der Waals surface area contributed by atoms with E-state index in [9.17, 15) is 0 Å². The fraction of sp³-hybridized carbons (Fsp3) is 0.375. The third-order valence-corrected chi connectivity index (χ3v) is 3.82. The normalized spacial score (nSPS) is 11.3. The van der Waals surface area contributed by atoms with Gasteiger partial charge in [0.15, 0.2) is 0 Å². The standard InChI is InChI=1S/C16H21N3OS/c1-11(2)10-20-15-7-5-6-14(8-15)9-17-19-16-18-12(3)13(4)21-16/h5-9,11H,10H2,1-4H3,(H,18,19)/b17-9-. The smallest absolute Gasteiger partial charge is 0.203 e. The molecule has 0 unspecified atom stereocenters. The first-order chi connectivity index (χ1) is 10.0. The van der Waals surface area contributed by atoms with Crippen molar-refractivity contribution in [2.24, 2.45) is 11.0 Å². The Morgan fingerprint density at radius 1 is 1.38 bits per heavy atom. The van der Waals surface area contributed by atoms with Gasteiger partial charge in [-0.25, -0.2) is 4.98 Å². The summed E-state index contributed by atoms with van der Waals surface area (Å²) in [5, 5.41) is 5.03. The van der Waals surface area contributed by atoms with Crippen LogP contribution >= 0.6 is 11.3 Å². The maximum absolute atomic E-state index is 5.70. The molecule has 0 radical (unpaired) electrons. The molecule has 0 aliphatic rings. The van der Waals surface area contributed by atoms with E-state index in [-0.39, 0.29) is 0 Å². The lowest BCUT2D eigenvalue weighted by atomic mass is 10.2. The van der Waals surface area contributed by atoms with Crippen molar-refractivity contribution in [2.45, 2.75) is 27.7 Å². The number of hydrogen-bond acceptors (Lipinski definition) is 5. The quantitative estimate of drug-likeness (QED) is 0.641. The van der Waals surface area contributed by atoms with Crippen molar-refractivity contribution < 1.29 is 4.74 Å². The third kappa shape index (κ3) is 4.86. The van der Waals surface area contributed by atoms with Crippen molar-refractivity contribution in [2.75, 3.05) is 12.0 Å². The van der Waals surface area contributed by atoms with Crippen LogP contribution < -0.4 is 10.2 Å². The lowest BCUT2D eigenvalue weighted by molar-refractivity contribution is 0.271. The molecule has 0 spiro atoms. The lowest BCUT2D eigenvalue weighted by Crippen LogP contribution is -2.04. The van der Waals surface area contributed by atoms with Crippen LogP contribution in [0.3, 0.4) is 0 Å². The predicted octanol–water partition coefficient (Wildman–Crippen LogP) is 4.24. The molecule has 2 rings (SSSR count). The van der Waals surface area contributed by atoms with Gasteiger partial charge in [-0.15, -0.1) is 11.3 Å². The van der Waals surface area contributed by atoms with Crippen LogP contribution in [-0.4, -0.2) is 17.8 Å². The van der Waals surface area contributed by atoms with E-state index in [1.165, 1.54) is 4.88 Å². The van der Waals surface area contributed by atoms with Crippen molar-refractivity contribution in [3.8, 4) is 5.75 Å². The Hall–Kier alpha value is -1.88. The van der Waals surface area contributed by atoms with Gasteiger partial charge in [-0.2, -0.15) is 5.10 Å². The van der Waals surface area contributed by atoms with E-state index in [4.69, 9.17) is 4.74 Å². The molecule has 0 atom stereocenters. The highest BCUT2D eigenvalue weighted by Gasteiger charge is 2.01. The molecule has 1 heterocycles. The van der Waals surface area contributed by atoms with Crippen molar-refractivity contribution in [3.63, 3.8) is 0 Å². The molecule has 5 heteroatoms. The molecule has 112 valence electrons. The Kier molecular flexibility index (Phi) is 5.33. The highest BCUT2D eigenvalue weighted by atomic mass is 32.1. The Balaban J connectivity index is 1.95. The number of anilines is 1. The molecule has 1 aromatic heterocycles. The van der Waals surface area contributed by atoms with Crippen molar-refractivity contribution >= 4 is 22.7 Å². The Morgan fingerprint density at radius 2 is 2.19 bits per heavy atom. The van der Waals surface area contributed by atoms with Crippen LogP contribution in [-0.2, 0) is 0 Å². The van der Waals surface area contributed by atoms with E-state index in [1.807, 2.05) is 31.2 Å². The van der Waals surface area contributed by atoms with Gasteiger partial charge in [0.2, 0.25) is 5.13 Å². The summed E-state index contributed by atoms with van der Waals surface area (Å²) in [7, 11) is 0. The average Bonchev–Trinajstić information content (AvgIpc) is 2.76. The summed E-state index contributed by atoms with van der Waals surface area (Å²) < 4.78 is 5.70. The molecule has 1 N–H and O–H groups in total. The molecule has 0 aliphatic heterocycles. The second-order valence-electron chi connectivity index (χ2n) is 5.31. The predicted molar refractivity (Wildman–Crippen MR) is 89.6 cm³/mol. The summed E-state index contributed by atoms with van der Waals surface area (Å²) >= 11 is 1.60. The molecule has 1 aromatic carbocycles. The number of hydrazone groups is 1. The summed E-state index contributed by atoms with van der Waals surface area (Å²) in [5.41, 5.74) is 5.00. The summed E-state index contributed by atoms with van der Waals surface area (Å²) in [6.45, 7) is 9.03.